The van der Waals surface area contributed by atoms with Crippen LogP contribution in [0.2, 0.25) is 0 Å². The second-order valence-corrected chi connectivity index (χ2v) is 4.21. The van der Waals surface area contributed by atoms with Crippen LogP contribution in [0.4, 0.5) is 0 Å². The molecule has 1 aromatic carbocycles. The maximum Gasteiger partial charge on any atom is 0.491 e. The van der Waals surface area contributed by atoms with Crippen molar-refractivity contribution >= 4 is 18.6 Å². The fourth-order valence-electron chi connectivity index (χ4n) is 2.07. The van der Waals surface area contributed by atoms with Gasteiger partial charge in [0.25, 0.3) is 0 Å². The van der Waals surface area contributed by atoms with E-state index in [0.29, 0.717) is 19.6 Å². The molecule has 96 valence electrons. The molecule has 1 aliphatic rings. The fourth-order valence-corrected chi connectivity index (χ4v) is 2.07. The number of fused-ring (bicyclic) bond motifs is 1. The van der Waals surface area contributed by atoms with E-state index in [0.717, 1.165) is 16.6 Å². The number of benzene rings is 1. The van der Waals surface area contributed by atoms with Gasteiger partial charge in [0.1, 0.15) is 6.04 Å². The molecule has 0 saturated heterocycles. The van der Waals surface area contributed by atoms with Gasteiger partial charge in [-0.15, -0.1) is 0 Å². The van der Waals surface area contributed by atoms with E-state index in [1.165, 1.54) is 0 Å². The normalized spacial score (nSPS) is 15.4. The predicted octanol–water partition coefficient (Wildman–Crippen LogP) is -0.663. The largest absolute Gasteiger partial charge is 0.491 e. The molecule has 0 bridgehead atoms. The summed E-state index contributed by atoms with van der Waals surface area (Å²) < 4.78 is 10.0. The standard InChI is InChI=1S/C12H16BNO4/c1-2-17-12(15)11(14)6-8-4-3-5-10-9(8)7-18-13(10)16/h3-5,11,16H,2,6-7,14H2,1H3. The molecule has 0 radical (unpaired) electrons. The van der Waals surface area contributed by atoms with Crippen molar-refractivity contribution in [2.75, 3.05) is 6.61 Å². The minimum absolute atomic E-state index is 0.321. The molecule has 1 atom stereocenters. The zero-order valence-electron chi connectivity index (χ0n) is 10.3. The summed E-state index contributed by atoms with van der Waals surface area (Å²) in [7, 11) is -0.876. The smallest absolute Gasteiger partial charge is 0.465 e. The van der Waals surface area contributed by atoms with Crippen molar-refractivity contribution in [2.24, 2.45) is 5.73 Å². The number of nitrogens with two attached hydrogens (primary N) is 1. The molecule has 0 amide bonds. The number of esters is 1. The van der Waals surface area contributed by atoms with E-state index in [-0.39, 0.29) is 0 Å². The predicted molar refractivity (Wildman–Crippen MR) is 67.2 cm³/mol. The molecule has 2 rings (SSSR count). The molecular weight excluding hydrogens is 233 g/mol. The van der Waals surface area contributed by atoms with Crippen LogP contribution in [0.5, 0.6) is 0 Å². The number of hydrogen-bond donors (Lipinski definition) is 2. The Morgan fingerprint density at radius 2 is 2.44 bits per heavy atom. The zero-order valence-corrected chi connectivity index (χ0v) is 10.3. The highest BCUT2D eigenvalue weighted by Gasteiger charge is 2.29. The average molecular weight is 249 g/mol. The monoisotopic (exact) mass is 249 g/mol. The lowest BCUT2D eigenvalue weighted by molar-refractivity contribution is -0.144. The second-order valence-electron chi connectivity index (χ2n) is 4.21. The first kappa shape index (κ1) is 13.1. The summed E-state index contributed by atoms with van der Waals surface area (Å²) in [5.41, 5.74) is 8.38. The van der Waals surface area contributed by atoms with Crippen LogP contribution < -0.4 is 11.2 Å². The highest BCUT2D eigenvalue weighted by molar-refractivity contribution is 6.61. The molecule has 5 nitrogen and oxygen atoms in total. The molecule has 3 N–H and O–H groups in total. The zero-order chi connectivity index (χ0) is 13.1. The van der Waals surface area contributed by atoms with E-state index in [1.807, 2.05) is 18.2 Å². The first-order valence-electron chi connectivity index (χ1n) is 5.96. The second kappa shape index (κ2) is 5.52. The summed E-state index contributed by atoms with van der Waals surface area (Å²) >= 11 is 0. The van der Waals surface area contributed by atoms with Crippen molar-refractivity contribution in [3.63, 3.8) is 0 Å². The van der Waals surface area contributed by atoms with Crippen LogP contribution in [0.3, 0.4) is 0 Å². The van der Waals surface area contributed by atoms with Crippen LogP contribution in [0.15, 0.2) is 18.2 Å². The maximum absolute atomic E-state index is 11.5. The molecule has 1 aliphatic heterocycles. The minimum Gasteiger partial charge on any atom is -0.465 e. The maximum atomic E-state index is 11.5. The van der Waals surface area contributed by atoms with E-state index in [1.54, 1.807) is 6.92 Å². The SMILES string of the molecule is CCOC(=O)C(N)Cc1cccc2c1COB2O. The first-order valence-corrected chi connectivity index (χ1v) is 5.96. The molecule has 0 saturated carbocycles. The number of ether oxygens (including phenoxy) is 1. The molecule has 6 heteroatoms. The summed E-state index contributed by atoms with van der Waals surface area (Å²) in [5, 5.41) is 9.59. The molecule has 0 fully saturated rings. The quantitative estimate of drug-likeness (QED) is 0.546. The van der Waals surface area contributed by atoms with Crippen LogP contribution in [-0.4, -0.2) is 30.8 Å². The van der Waals surface area contributed by atoms with Gasteiger partial charge in [0.05, 0.1) is 13.2 Å². The number of carbonyl (C=O) groups is 1. The lowest BCUT2D eigenvalue weighted by Crippen LogP contribution is -2.35. The molecule has 1 aromatic rings. The van der Waals surface area contributed by atoms with Gasteiger partial charge in [-0.2, -0.15) is 0 Å². The van der Waals surface area contributed by atoms with Gasteiger partial charge in [0.15, 0.2) is 0 Å². The van der Waals surface area contributed by atoms with E-state index < -0.39 is 19.1 Å². The molecule has 0 aromatic heterocycles. The van der Waals surface area contributed by atoms with Gasteiger partial charge in [0, 0.05) is 0 Å². The Labute approximate surface area is 106 Å². The van der Waals surface area contributed by atoms with Gasteiger partial charge in [-0.05, 0) is 29.9 Å². The fraction of sp³-hybridized carbons (Fsp3) is 0.417. The Hall–Kier alpha value is -1.37. The lowest BCUT2D eigenvalue weighted by atomic mass is 9.78. The molecule has 1 heterocycles. The number of hydrogen-bond acceptors (Lipinski definition) is 5. The summed E-state index contributed by atoms with van der Waals surface area (Å²) in [6, 6.07) is 4.84. The average Bonchev–Trinajstić information content (AvgIpc) is 2.73. The van der Waals surface area contributed by atoms with Crippen LogP contribution in [0.25, 0.3) is 0 Å². The van der Waals surface area contributed by atoms with E-state index in [4.69, 9.17) is 15.1 Å². The molecule has 0 aliphatic carbocycles. The number of rotatable bonds is 4. The van der Waals surface area contributed by atoms with Gasteiger partial charge in [0.2, 0.25) is 0 Å². The van der Waals surface area contributed by atoms with Gasteiger partial charge in [-0.3, -0.25) is 4.79 Å². The van der Waals surface area contributed by atoms with Gasteiger partial charge >= 0.3 is 13.1 Å². The van der Waals surface area contributed by atoms with Crippen molar-refractivity contribution in [2.45, 2.75) is 26.0 Å². The summed E-state index contributed by atoms with van der Waals surface area (Å²) in [5.74, 6) is -0.408. The van der Waals surface area contributed by atoms with Crippen molar-refractivity contribution < 1.29 is 19.2 Å². The summed E-state index contributed by atoms with van der Waals surface area (Å²) in [6.07, 6.45) is 0.387. The van der Waals surface area contributed by atoms with E-state index in [9.17, 15) is 9.82 Å². The molecule has 1 unspecified atom stereocenters. The highest BCUT2D eigenvalue weighted by Crippen LogP contribution is 2.16. The third-order valence-electron chi connectivity index (χ3n) is 2.99. The van der Waals surface area contributed by atoms with Gasteiger partial charge < -0.3 is 20.1 Å². The van der Waals surface area contributed by atoms with Crippen molar-refractivity contribution in [1.29, 1.82) is 0 Å². The Balaban J connectivity index is 2.13. The summed E-state index contributed by atoms with van der Waals surface area (Å²) in [4.78, 5) is 11.5. The van der Waals surface area contributed by atoms with Crippen LogP contribution in [0, 0.1) is 0 Å². The third kappa shape index (κ3) is 2.55. The summed E-state index contributed by atoms with van der Waals surface area (Å²) in [6.45, 7) is 2.42. The van der Waals surface area contributed by atoms with Gasteiger partial charge in [-0.25, -0.2) is 0 Å². The Kier molecular flexibility index (Phi) is 4.01. The van der Waals surface area contributed by atoms with Crippen LogP contribution >= 0.6 is 0 Å². The Morgan fingerprint density at radius 3 is 3.17 bits per heavy atom. The van der Waals surface area contributed by atoms with Crippen molar-refractivity contribution in [3.05, 3.63) is 29.3 Å². The lowest BCUT2D eigenvalue weighted by Gasteiger charge is -2.13. The number of carbonyl (C=O) groups excluding carboxylic acids is 1. The van der Waals surface area contributed by atoms with Crippen molar-refractivity contribution in [3.8, 4) is 0 Å². The Bertz CT molecular complexity index is 452. The van der Waals surface area contributed by atoms with E-state index in [2.05, 4.69) is 0 Å². The van der Waals surface area contributed by atoms with Gasteiger partial charge in [-0.1, -0.05) is 18.2 Å². The van der Waals surface area contributed by atoms with Crippen LogP contribution in [-0.2, 0) is 27.2 Å². The van der Waals surface area contributed by atoms with E-state index >= 15 is 0 Å². The topological polar surface area (TPSA) is 81.8 Å². The Morgan fingerprint density at radius 1 is 1.67 bits per heavy atom. The van der Waals surface area contributed by atoms with Crippen LogP contribution in [0.1, 0.15) is 18.1 Å². The molecule has 18 heavy (non-hydrogen) atoms. The highest BCUT2D eigenvalue weighted by atomic mass is 16.5. The molecule has 0 spiro atoms. The minimum atomic E-state index is -0.876. The first-order chi connectivity index (χ1) is 8.63. The molecular formula is C12H16BNO4. The third-order valence-corrected chi connectivity index (χ3v) is 2.99. The van der Waals surface area contributed by atoms with Crippen molar-refractivity contribution in [1.82, 2.24) is 0 Å².